The van der Waals surface area contributed by atoms with Gasteiger partial charge in [0.05, 0.1) is 0 Å². The van der Waals surface area contributed by atoms with E-state index in [2.05, 4.69) is 0 Å². The molecule has 0 radical (unpaired) electrons. The summed E-state index contributed by atoms with van der Waals surface area (Å²) in [5.41, 5.74) is 0.513. The van der Waals surface area contributed by atoms with Gasteiger partial charge >= 0.3 is 0 Å². The largest absolute Gasteiger partial charge is 0.308 e. The molecule has 0 spiro atoms. The van der Waals surface area contributed by atoms with Gasteiger partial charge in [0, 0.05) is 17.3 Å². The van der Waals surface area contributed by atoms with Crippen LogP contribution in [0.4, 0.5) is 4.39 Å². The summed E-state index contributed by atoms with van der Waals surface area (Å²) in [6.45, 7) is 0. The first kappa shape index (κ1) is 7.60. The Hall–Kier alpha value is -1.51. The first-order valence-corrected chi connectivity index (χ1v) is 3.03. The van der Waals surface area contributed by atoms with Crippen LogP contribution in [0.25, 0.3) is 0 Å². The lowest BCUT2D eigenvalue weighted by Crippen LogP contribution is -1.89. The summed E-state index contributed by atoms with van der Waals surface area (Å²) >= 11 is 0. The van der Waals surface area contributed by atoms with Crippen LogP contribution in [0.15, 0.2) is 18.2 Å². The molecule has 0 bridgehead atoms. The Morgan fingerprint density at radius 2 is 2.18 bits per heavy atom. The molecule has 0 aliphatic carbocycles. The van der Waals surface area contributed by atoms with E-state index in [1.807, 2.05) is 0 Å². The minimum absolute atomic E-state index is 0.134. The van der Waals surface area contributed by atoms with Crippen molar-refractivity contribution in [3.8, 4) is 0 Å². The third-order valence-corrected chi connectivity index (χ3v) is 1.31. The fraction of sp³-hybridized carbons (Fsp3) is 0. The van der Waals surface area contributed by atoms with E-state index < -0.39 is 5.82 Å². The average molecular weight is 151 g/mol. The van der Waals surface area contributed by atoms with Crippen molar-refractivity contribution in [2.45, 2.75) is 0 Å². The van der Waals surface area contributed by atoms with Crippen molar-refractivity contribution >= 4 is 12.5 Å². The van der Waals surface area contributed by atoms with Crippen LogP contribution < -0.4 is 0 Å². The standard InChI is InChI=1S/C8H6FNO/c9-8-2-1-6(5-11)3-7(8)4-10/h1-5,10H. The number of carbonyl (C=O) groups is 1. The van der Waals surface area contributed by atoms with Crippen LogP contribution in [0.1, 0.15) is 15.9 Å². The van der Waals surface area contributed by atoms with Gasteiger partial charge in [-0.3, -0.25) is 4.79 Å². The molecule has 0 aromatic heterocycles. The van der Waals surface area contributed by atoms with E-state index in [1.54, 1.807) is 0 Å². The normalized spacial score (nSPS) is 9.18. The molecule has 0 heterocycles. The predicted octanol–water partition coefficient (Wildman–Crippen LogP) is 1.64. The highest BCUT2D eigenvalue weighted by molar-refractivity contribution is 5.83. The van der Waals surface area contributed by atoms with Gasteiger partial charge in [-0.1, -0.05) is 0 Å². The van der Waals surface area contributed by atoms with E-state index >= 15 is 0 Å². The Labute approximate surface area is 63.2 Å². The van der Waals surface area contributed by atoms with Crippen molar-refractivity contribution in [3.05, 3.63) is 35.1 Å². The third kappa shape index (κ3) is 1.49. The molecule has 0 atom stereocenters. The summed E-state index contributed by atoms with van der Waals surface area (Å²) in [4.78, 5) is 10.2. The Morgan fingerprint density at radius 3 is 2.73 bits per heavy atom. The second-order valence-corrected chi connectivity index (χ2v) is 2.04. The predicted molar refractivity (Wildman–Crippen MR) is 39.7 cm³/mol. The van der Waals surface area contributed by atoms with Crippen molar-refractivity contribution in [3.63, 3.8) is 0 Å². The zero-order chi connectivity index (χ0) is 8.27. The van der Waals surface area contributed by atoms with Gasteiger partial charge in [0.25, 0.3) is 0 Å². The van der Waals surface area contributed by atoms with E-state index in [0.29, 0.717) is 11.8 Å². The maximum Gasteiger partial charge on any atom is 0.150 e. The molecule has 1 N–H and O–H groups in total. The van der Waals surface area contributed by atoms with E-state index in [9.17, 15) is 9.18 Å². The van der Waals surface area contributed by atoms with Gasteiger partial charge in [-0.05, 0) is 18.2 Å². The Kier molecular flexibility index (Phi) is 2.11. The number of hydrogen-bond donors (Lipinski definition) is 1. The number of rotatable bonds is 2. The topological polar surface area (TPSA) is 40.9 Å². The van der Waals surface area contributed by atoms with Gasteiger partial charge < -0.3 is 5.41 Å². The van der Waals surface area contributed by atoms with E-state index in [0.717, 1.165) is 6.21 Å². The van der Waals surface area contributed by atoms with Crippen molar-refractivity contribution in [1.82, 2.24) is 0 Å². The van der Waals surface area contributed by atoms with Crippen LogP contribution in [0.3, 0.4) is 0 Å². The average Bonchev–Trinajstić information content (AvgIpc) is 2.05. The minimum atomic E-state index is -0.481. The molecule has 0 unspecified atom stereocenters. The number of carbonyl (C=O) groups excluding carboxylic acids is 1. The maximum absolute atomic E-state index is 12.6. The zero-order valence-electron chi connectivity index (χ0n) is 5.67. The van der Waals surface area contributed by atoms with Crippen LogP contribution in [-0.2, 0) is 0 Å². The molecule has 0 amide bonds. The van der Waals surface area contributed by atoms with Crippen LogP contribution in [0.2, 0.25) is 0 Å². The highest BCUT2D eigenvalue weighted by atomic mass is 19.1. The van der Waals surface area contributed by atoms with Crippen molar-refractivity contribution in [1.29, 1.82) is 5.41 Å². The number of benzene rings is 1. The van der Waals surface area contributed by atoms with Crippen molar-refractivity contribution in [2.75, 3.05) is 0 Å². The van der Waals surface area contributed by atoms with Gasteiger partial charge in [0.15, 0.2) is 0 Å². The Morgan fingerprint density at radius 1 is 1.45 bits per heavy atom. The van der Waals surface area contributed by atoms with E-state index in [-0.39, 0.29) is 5.56 Å². The molecule has 3 heteroatoms. The number of aldehydes is 1. The SMILES string of the molecule is N=Cc1cc(C=O)ccc1F. The lowest BCUT2D eigenvalue weighted by atomic mass is 10.1. The first-order chi connectivity index (χ1) is 5.27. The van der Waals surface area contributed by atoms with Gasteiger partial charge in [-0.2, -0.15) is 0 Å². The molecule has 2 nitrogen and oxygen atoms in total. The highest BCUT2D eigenvalue weighted by Gasteiger charge is 1.98. The molecule has 0 saturated heterocycles. The zero-order valence-corrected chi connectivity index (χ0v) is 5.67. The molecule has 1 aromatic rings. The quantitative estimate of drug-likeness (QED) is 0.506. The molecule has 0 aliphatic rings. The molecule has 1 rings (SSSR count). The monoisotopic (exact) mass is 151 g/mol. The fourth-order valence-electron chi connectivity index (χ4n) is 0.746. The molecular formula is C8H6FNO. The fourth-order valence-corrected chi connectivity index (χ4v) is 0.746. The second-order valence-electron chi connectivity index (χ2n) is 2.04. The van der Waals surface area contributed by atoms with Gasteiger partial charge in [-0.25, -0.2) is 4.39 Å². The van der Waals surface area contributed by atoms with Crippen LogP contribution in [-0.4, -0.2) is 12.5 Å². The Bertz CT molecular complexity index is 296. The summed E-state index contributed by atoms with van der Waals surface area (Å²) in [5, 5.41) is 6.78. The summed E-state index contributed by atoms with van der Waals surface area (Å²) in [7, 11) is 0. The lowest BCUT2D eigenvalue weighted by Gasteiger charge is -1.94. The summed E-state index contributed by atoms with van der Waals surface area (Å²) in [5.74, 6) is -0.481. The molecule has 0 fully saturated rings. The molecule has 1 aromatic carbocycles. The minimum Gasteiger partial charge on any atom is -0.308 e. The van der Waals surface area contributed by atoms with Crippen LogP contribution in [0.5, 0.6) is 0 Å². The second kappa shape index (κ2) is 3.05. The third-order valence-electron chi connectivity index (χ3n) is 1.31. The lowest BCUT2D eigenvalue weighted by molar-refractivity contribution is 0.112. The molecule has 11 heavy (non-hydrogen) atoms. The van der Waals surface area contributed by atoms with E-state index in [1.165, 1.54) is 18.2 Å². The van der Waals surface area contributed by atoms with Crippen LogP contribution >= 0.6 is 0 Å². The van der Waals surface area contributed by atoms with Crippen molar-refractivity contribution in [2.24, 2.45) is 0 Å². The summed E-state index contributed by atoms with van der Waals surface area (Å²) < 4.78 is 12.6. The number of halogens is 1. The van der Waals surface area contributed by atoms with Gasteiger partial charge in [-0.15, -0.1) is 0 Å². The molecule has 56 valence electrons. The molecular weight excluding hydrogens is 145 g/mol. The number of hydrogen-bond acceptors (Lipinski definition) is 2. The summed E-state index contributed by atoms with van der Waals surface area (Å²) in [6.07, 6.45) is 1.49. The van der Waals surface area contributed by atoms with Gasteiger partial charge in [0.2, 0.25) is 0 Å². The molecule has 0 saturated carbocycles. The highest BCUT2D eigenvalue weighted by Crippen LogP contribution is 2.06. The Balaban J connectivity index is 3.22. The summed E-state index contributed by atoms with van der Waals surface area (Å²) in [6, 6.07) is 3.87. The van der Waals surface area contributed by atoms with E-state index in [4.69, 9.17) is 5.41 Å². The molecule has 0 aliphatic heterocycles. The maximum atomic E-state index is 12.6. The number of nitrogens with one attached hydrogen (secondary N) is 1. The van der Waals surface area contributed by atoms with Crippen LogP contribution in [0, 0.1) is 11.2 Å². The first-order valence-electron chi connectivity index (χ1n) is 3.03. The smallest absolute Gasteiger partial charge is 0.150 e. The van der Waals surface area contributed by atoms with Gasteiger partial charge in [0.1, 0.15) is 12.1 Å². The van der Waals surface area contributed by atoms with Crippen molar-refractivity contribution < 1.29 is 9.18 Å².